The Balaban J connectivity index is 0.00000122. The molecule has 0 radical (unpaired) electrons. The van der Waals surface area contributed by atoms with Gasteiger partial charge in [-0.3, -0.25) is 9.69 Å². The number of aromatic nitrogens is 1. The first-order chi connectivity index (χ1) is 13.5. The van der Waals surface area contributed by atoms with Gasteiger partial charge in [0.1, 0.15) is 5.69 Å². The Morgan fingerprint density at radius 1 is 1.43 bits per heavy atom. The largest absolute Gasteiger partial charge is 0.483 e. The minimum Gasteiger partial charge on any atom is -0.483 e. The van der Waals surface area contributed by atoms with Crippen molar-refractivity contribution in [2.75, 3.05) is 40.5 Å². The van der Waals surface area contributed by atoms with Crippen LogP contribution in [0.2, 0.25) is 0 Å². The smallest absolute Gasteiger partial charge is 0.356 e. The second-order valence-electron chi connectivity index (χ2n) is 6.74. The number of pyridine rings is 1. The number of aliphatic hydroxyl groups is 2. The summed E-state index contributed by atoms with van der Waals surface area (Å²) in [4.78, 5) is 26.5. The fourth-order valence-electron chi connectivity index (χ4n) is 3.44. The highest BCUT2D eigenvalue weighted by atomic mass is 16.5. The van der Waals surface area contributed by atoms with Crippen LogP contribution in [0.3, 0.4) is 0 Å². The minimum absolute atomic E-state index is 0.0655. The molecule has 1 fully saturated rings. The van der Waals surface area contributed by atoms with Gasteiger partial charge in [-0.15, -0.1) is 0 Å². The normalized spacial score (nSPS) is 22.1. The maximum atomic E-state index is 11.6. The predicted molar refractivity (Wildman–Crippen MR) is 101 cm³/mol. The van der Waals surface area contributed by atoms with Crippen molar-refractivity contribution in [3.63, 3.8) is 0 Å². The second-order valence-corrected chi connectivity index (χ2v) is 6.74. The lowest BCUT2D eigenvalue weighted by Gasteiger charge is -2.45. The molecular formula is C19H30N2O7. The summed E-state index contributed by atoms with van der Waals surface area (Å²) in [7, 11) is 2.98. The summed E-state index contributed by atoms with van der Waals surface area (Å²) in [6.45, 7) is 2.15. The van der Waals surface area contributed by atoms with Crippen LogP contribution in [0.1, 0.15) is 35.4 Å². The number of carbonyl (C=O) groups excluding carboxylic acids is 1. The van der Waals surface area contributed by atoms with Crippen LogP contribution in [-0.4, -0.2) is 84.3 Å². The summed E-state index contributed by atoms with van der Waals surface area (Å²) >= 11 is 0. The number of hydrogen-bond acceptors (Lipinski definition) is 8. The van der Waals surface area contributed by atoms with Crippen LogP contribution in [0.15, 0.2) is 18.2 Å². The average molecular weight is 398 g/mol. The zero-order valence-corrected chi connectivity index (χ0v) is 16.4. The number of hydrogen-bond donors (Lipinski definition) is 3. The van der Waals surface area contributed by atoms with Crippen molar-refractivity contribution in [3.05, 3.63) is 29.6 Å². The first kappa shape index (κ1) is 24.0. The van der Waals surface area contributed by atoms with Crippen molar-refractivity contribution in [3.8, 4) is 0 Å². The Morgan fingerprint density at radius 2 is 2.14 bits per heavy atom. The zero-order valence-electron chi connectivity index (χ0n) is 16.4. The van der Waals surface area contributed by atoms with Gasteiger partial charge in [-0.25, -0.2) is 9.78 Å². The standard InChI is InChI=1S/C18H28N2O5.CH2O2/c1-24-10-4-8-18(13-21)12-20(9-7-16(18)22)11-14-5-3-6-15(19-14)17(23)25-2;2-1-3/h3,5-6,16,21-22H,4,7-13H2,1-2H3;1H,(H,2,3)/t16-,18+;/m1./s1. The number of ether oxygens (including phenoxy) is 2. The molecule has 2 atom stereocenters. The molecule has 0 unspecified atom stereocenters. The highest BCUT2D eigenvalue weighted by Gasteiger charge is 2.41. The molecule has 0 aromatic carbocycles. The van der Waals surface area contributed by atoms with Crippen LogP contribution in [0.5, 0.6) is 0 Å². The molecule has 2 rings (SSSR count). The molecule has 2 heterocycles. The molecule has 158 valence electrons. The third-order valence-electron chi connectivity index (χ3n) is 4.89. The van der Waals surface area contributed by atoms with Gasteiger partial charge in [0.2, 0.25) is 0 Å². The molecule has 9 nitrogen and oxygen atoms in total. The lowest BCUT2D eigenvalue weighted by atomic mass is 9.74. The van der Waals surface area contributed by atoms with Gasteiger partial charge >= 0.3 is 5.97 Å². The summed E-state index contributed by atoms with van der Waals surface area (Å²) < 4.78 is 9.80. The van der Waals surface area contributed by atoms with Crippen LogP contribution in [0.25, 0.3) is 0 Å². The molecule has 28 heavy (non-hydrogen) atoms. The zero-order chi connectivity index (χ0) is 21.0. The van der Waals surface area contributed by atoms with E-state index in [2.05, 4.69) is 9.88 Å². The van der Waals surface area contributed by atoms with E-state index in [9.17, 15) is 15.0 Å². The van der Waals surface area contributed by atoms with E-state index in [1.807, 2.05) is 6.07 Å². The van der Waals surface area contributed by atoms with Gasteiger partial charge in [-0.05, 0) is 31.4 Å². The Labute approximate surface area is 164 Å². The molecule has 0 saturated carbocycles. The quantitative estimate of drug-likeness (QED) is 0.326. The number of carbonyl (C=O) groups is 2. The topological polar surface area (TPSA) is 129 Å². The van der Waals surface area contributed by atoms with Crippen LogP contribution in [0.4, 0.5) is 0 Å². The first-order valence-electron chi connectivity index (χ1n) is 9.08. The highest BCUT2D eigenvalue weighted by Crippen LogP contribution is 2.35. The number of aliphatic hydroxyl groups excluding tert-OH is 2. The van der Waals surface area contributed by atoms with Crippen LogP contribution < -0.4 is 0 Å². The number of rotatable bonds is 8. The predicted octanol–water partition coefficient (Wildman–Crippen LogP) is 0.541. The van der Waals surface area contributed by atoms with E-state index >= 15 is 0 Å². The highest BCUT2D eigenvalue weighted by molar-refractivity contribution is 5.87. The summed E-state index contributed by atoms with van der Waals surface area (Å²) in [5.41, 5.74) is 0.505. The maximum absolute atomic E-state index is 11.6. The molecule has 1 aromatic rings. The lowest BCUT2D eigenvalue weighted by Crippen LogP contribution is -2.53. The molecule has 1 aliphatic heterocycles. The van der Waals surface area contributed by atoms with Crippen molar-refractivity contribution in [2.24, 2.45) is 5.41 Å². The van der Waals surface area contributed by atoms with Gasteiger partial charge in [0, 0.05) is 38.8 Å². The van der Waals surface area contributed by atoms with E-state index in [-0.39, 0.29) is 18.8 Å². The van der Waals surface area contributed by atoms with Gasteiger partial charge < -0.3 is 24.8 Å². The first-order valence-corrected chi connectivity index (χ1v) is 9.08. The number of esters is 1. The summed E-state index contributed by atoms with van der Waals surface area (Å²) in [5, 5.41) is 27.3. The number of likely N-dealkylation sites (tertiary alicyclic amines) is 1. The van der Waals surface area contributed by atoms with Crippen molar-refractivity contribution in [2.45, 2.75) is 31.9 Å². The Morgan fingerprint density at radius 3 is 2.75 bits per heavy atom. The van der Waals surface area contributed by atoms with Gasteiger partial charge in [0.25, 0.3) is 6.47 Å². The number of nitrogens with zero attached hydrogens (tertiary/aromatic N) is 2. The third-order valence-corrected chi connectivity index (χ3v) is 4.89. The van der Waals surface area contributed by atoms with Gasteiger partial charge in [-0.2, -0.15) is 0 Å². The summed E-state index contributed by atoms with van der Waals surface area (Å²) in [6.07, 6.45) is 1.56. The molecular weight excluding hydrogens is 368 g/mol. The molecule has 0 bridgehead atoms. The van der Waals surface area contributed by atoms with E-state index in [1.165, 1.54) is 7.11 Å². The molecule has 3 N–H and O–H groups in total. The molecule has 0 aliphatic carbocycles. The molecule has 9 heteroatoms. The van der Waals surface area contributed by atoms with Crippen molar-refractivity contribution >= 4 is 12.4 Å². The number of carboxylic acid groups (broad SMARTS) is 1. The summed E-state index contributed by atoms with van der Waals surface area (Å²) in [6, 6.07) is 5.27. The molecule has 0 spiro atoms. The number of methoxy groups -OCH3 is 2. The molecule has 1 aliphatic rings. The van der Waals surface area contributed by atoms with Crippen LogP contribution >= 0.6 is 0 Å². The minimum atomic E-state index is -0.545. The maximum Gasteiger partial charge on any atom is 0.356 e. The third kappa shape index (κ3) is 6.83. The van der Waals surface area contributed by atoms with E-state index in [0.717, 1.165) is 18.7 Å². The molecule has 1 aromatic heterocycles. The van der Waals surface area contributed by atoms with Crippen LogP contribution in [-0.2, 0) is 20.8 Å². The SMILES string of the molecule is COCCC[C@@]1(CO)CN(Cc2cccc(C(=O)OC)n2)CC[C@H]1O.O=CO. The van der Waals surface area contributed by atoms with E-state index in [1.54, 1.807) is 19.2 Å². The fourth-order valence-corrected chi connectivity index (χ4v) is 3.44. The van der Waals surface area contributed by atoms with E-state index in [0.29, 0.717) is 32.5 Å². The van der Waals surface area contributed by atoms with Gasteiger partial charge in [-0.1, -0.05) is 6.07 Å². The number of piperidine rings is 1. The molecule has 0 amide bonds. The summed E-state index contributed by atoms with van der Waals surface area (Å²) in [5.74, 6) is -0.458. The van der Waals surface area contributed by atoms with E-state index in [4.69, 9.17) is 19.4 Å². The Bertz CT molecular complexity index is 614. The van der Waals surface area contributed by atoms with Crippen LogP contribution in [0, 0.1) is 5.41 Å². The fraction of sp³-hybridized carbons (Fsp3) is 0.632. The van der Waals surface area contributed by atoms with E-state index < -0.39 is 17.5 Å². The average Bonchev–Trinajstić information content (AvgIpc) is 2.70. The van der Waals surface area contributed by atoms with Crippen molar-refractivity contribution in [1.29, 1.82) is 0 Å². The van der Waals surface area contributed by atoms with Gasteiger partial charge in [0.15, 0.2) is 0 Å². The van der Waals surface area contributed by atoms with Crippen molar-refractivity contribution < 1.29 is 34.4 Å². The Kier molecular flexibility index (Phi) is 10.6. The van der Waals surface area contributed by atoms with Gasteiger partial charge in [0.05, 0.1) is 25.5 Å². The lowest BCUT2D eigenvalue weighted by molar-refractivity contribution is -0.122. The Hall–Kier alpha value is -2.07. The second kappa shape index (κ2) is 12.4. The monoisotopic (exact) mass is 398 g/mol. The van der Waals surface area contributed by atoms with Crippen molar-refractivity contribution in [1.82, 2.24) is 9.88 Å². The molecule has 1 saturated heterocycles.